The van der Waals surface area contributed by atoms with Crippen molar-refractivity contribution in [1.82, 2.24) is 24.6 Å². The third-order valence-corrected chi connectivity index (χ3v) is 6.00. The molecule has 1 saturated heterocycles. The highest BCUT2D eigenvalue weighted by Gasteiger charge is 2.21. The minimum absolute atomic E-state index is 0.748. The van der Waals surface area contributed by atoms with E-state index in [1.807, 2.05) is 41.2 Å². The third kappa shape index (κ3) is 4.03. The van der Waals surface area contributed by atoms with E-state index in [-0.39, 0.29) is 0 Å². The lowest BCUT2D eigenvalue weighted by Crippen LogP contribution is -2.46. The van der Waals surface area contributed by atoms with Crippen molar-refractivity contribution < 1.29 is 0 Å². The van der Waals surface area contributed by atoms with Crippen LogP contribution in [0.5, 0.6) is 0 Å². The van der Waals surface area contributed by atoms with E-state index in [2.05, 4.69) is 59.2 Å². The van der Waals surface area contributed by atoms with Crippen LogP contribution in [0.1, 0.15) is 18.1 Å². The summed E-state index contributed by atoms with van der Waals surface area (Å²) in [7, 11) is 0. The van der Waals surface area contributed by atoms with Gasteiger partial charge in [-0.05, 0) is 55.8 Å². The van der Waals surface area contributed by atoms with Crippen molar-refractivity contribution in [2.45, 2.75) is 20.8 Å². The Balaban J connectivity index is 1.60. The fourth-order valence-corrected chi connectivity index (χ4v) is 4.34. The summed E-state index contributed by atoms with van der Waals surface area (Å²) in [6.07, 6.45) is 1.85. The monoisotopic (exact) mass is 427 g/mol. The van der Waals surface area contributed by atoms with Gasteiger partial charge >= 0.3 is 0 Å². The summed E-state index contributed by atoms with van der Waals surface area (Å²) in [6.45, 7) is 11.4. The molecule has 164 valence electrons. The van der Waals surface area contributed by atoms with Crippen LogP contribution in [0.15, 0.2) is 54.7 Å². The largest absolute Gasteiger partial charge is 0.339 e. The van der Waals surface area contributed by atoms with Crippen LogP contribution in [0.25, 0.3) is 16.7 Å². The molecular formula is C25H29N7. The minimum Gasteiger partial charge on any atom is -0.339 e. The van der Waals surface area contributed by atoms with E-state index < -0.39 is 0 Å². The first-order chi connectivity index (χ1) is 15.6. The SMILES string of the molecule is CCN1CCN(c2nc(Nc3cc(C)cc(C)c3)c3cnn(-c4ccccc4)c3n2)CC1. The van der Waals surface area contributed by atoms with E-state index in [1.54, 1.807) is 0 Å². The molecule has 0 aliphatic carbocycles. The number of likely N-dealkylation sites (N-methyl/N-ethyl adjacent to an activating group) is 1. The number of fused-ring (bicyclic) bond motifs is 1. The number of aryl methyl sites for hydroxylation is 2. The average Bonchev–Trinajstić information content (AvgIpc) is 3.23. The van der Waals surface area contributed by atoms with Crippen molar-refractivity contribution in [1.29, 1.82) is 0 Å². The van der Waals surface area contributed by atoms with Crippen molar-refractivity contribution in [2.24, 2.45) is 0 Å². The first-order valence-electron chi connectivity index (χ1n) is 11.2. The Hall–Kier alpha value is -3.45. The van der Waals surface area contributed by atoms with Gasteiger partial charge in [-0.25, -0.2) is 4.68 Å². The number of benzene rings is 2. The molecule has 1 aliphatic rings. The zero-order valence-corrected chi connectivity index (χ0v) is 18.9. The Bertz CT molecular complexity index is 1200. The molecule has 1 fully saturated rings. The average molecular weight is 428 g/mol. The Morgan fingerprint density at radius 1 is 0.906 bits per heavy atom. The second-order valence-corrected chi connectivity index (χ2v) is 8.42. The molecule has 2 aromatic carbocycles. The van der Waals surface area contributed by atoms with Crippen LogP contribution in [0.2, 0.25) is 0 Å². The molecule has 7 nitrogen and oxygen atoms in total. The molecule has 1 aliphatic heterocycles. The molecule has 0 bridgehead atoms. The van der Waals surface area contributed by atoms with Gasteiger partial charge in [0.1, 0.15) is 5.82 Å². The molecule has 0 amide bonds. The number of nitrogens with one attached hydrogen (secondary N) is 1. The van der Waals surface area contributed by atoms with Gasteiger partial charge in [0, 0.05) is 31.9 Å². The maximum absolute atomic E-state index is 4.98. The molecule has 0 atom stereocenters. The van der Waals surface area contributed by atoms with Crippen molar-refractivity contribution in [3.8, 4) is 5.69 Å². The van der Waals surface area contributed by atoms with Gasteiger partial charge in [-0.15, -0.1) is 0 Å². The van der Waals surface area contributed by atoms with Gasteiger partial charge in [0.05, 0.1) is 17.3 Å². The Morgan fingerprint density at radius 2 is 1.62 bits per heavy atom. The lowest BCUT2D eigenvalue weighted by atomic mass is 10.1. The number of anilines is 3. The van der Waals surface area contributed by atoms with Crippen LogP contribution in [0.3, 0.4) is 0 Å². The van der Waals surface area contributed by atoms with Gasteiger partial charge in [0.25, 0.3) is 0 Å². The van der Waals surface area contributed by atoms with Crippen LogP contribution in [-0.4, -0.2) is 57.4 Å². The maximum atomic E-state index is 4.98. The van der Waals surface area contributed by atoms with Crippen molar-refractivity contribution in [3.05, 3.63) is 65.9 Å². The molecule has 4 aromatic rings. The zero-order chi connectivity index (χ0) is 22.1. The zero-order valence-electron chi connectivity index (χ0n) is 18.9. The van der Waals surface area contributed by atoms with E-state index >= 15 is 0 Å². The second kappa shape index (κ2) is 8.59. The fourth-order valence-electron chi connectivity index (χ4n) is 4.34. The molecule has 0 spiro atoms. The van der Waals surface area contributed by atoms with Crippen LogP contribution in [0.4, 0.5) is 17.5 Å². The number of piperazine rings is 1. The summed E-state index contributed by atoms with van der Waals surface area (Å²) in [6, 6.07) is 16.6. The highest BCUT2D eigenvalue weighted by molar-refractivity contribution is 5.90. The van der Waals surface area contributed by atoms with Gasteiger partial charge in [0.15, 0.2) is 5.65 Å². The van der Waals surface area contributed by atoms with Crippen LogP contribution in [0, 0.1) is 13.8 Å². The van der Waals surface area contributed by atoms with Crippen molar-refractivity contribution >= 4 is 28.5 Å². The molecule has 5 rings (SSSR count). The number of hydrogen-bond acceptors (Lipinski definition) is 6. The first kappa shape index (κ1) is 20.5. The summed E-state index contributed by atoms with van der Waals surface area (Å²) < 4.78 is 1.90. The number of rotatable bonds is 5. The van der Waals surface area contributed by atoms with E-state index in [0.717, 1.165) is 66.9 Å². The van der Waals surface area contributed by atoms with E-state index in [0.29, 0.717) is 0 Å². The molecule has 3 heterocycles. The van der Waals surface area contributed by atoms with Crippen molar-refractivity contribution in [3.63, 3.8) is 0 Å². The molecular weight excluding hydrogens is 398 g/mol. The third-order valence-electron chi connectivity index (χ3n) is 6.00. The summed E-state index contributed by atoms with van der Waals surface area (Å²) in [4.78, 5) is 14.7. The standard InChI is InChI=1S/C25H29N7/c1-4-30-10-12-31(13-11-30)25-28-23(27-20-15-18(2)14-19(3)16-20)22-17-26-32(24(22)29-25)21-8-6-5-7-9-21/h5-9,14-17H,4,10-13H2,1-3H3,(H,27,28,29). The Morgan fingerprint density at radius 3 is 2.31 bits per heavy atom. The number of hydrogen-bond donors (Lipinski definition) is 1. The van der Waals surface area contributed by atoms with E-state index in [9.17, 15) is 0 Å². The number of nitrogens with zero attached hydrogens (tertiary/aromatic N) is 6. The molecule has 1 N–H and O–H groups in total. The molecule has 32 heavy (non-hydrogen) atoms. The van der Waals surface area contributed by atoms with Gasteiger partial charge in [0.2, 0.25) is 5.95 Å². The predicted molar refractivity (Wildman–Crippen MR) is 130 cm³/mol. The van der Waals surface area contributed by atoms with Crippen LogP contribution >= 0.6 is 0 Å². The maximum Gasteiger partial charge on any atom is 0.229 e. The highest BCUT2D eigenvalue weighted by Crippen LogP contribution is 2.29. The summed E-state index contributed by atoms with van der Waals surface area (Å²) in [5.41, 5.74) is 5.25. The Labute approximate surface area is 188 Å². The van der Waals surface area contributed by atoms with Gasteiger partial charge in [-0.3, -0.25) is 0 Å². The van der Waals surface area contributed by atoms with Gasteiger partial charge in [-0.1, -0.05) is 31.2 Å². The summed E-state index contributed by atoms with van der Waals surface area (Å²) in [5, 5.41) is 9.12. The highest BCUT2D eigenvalue weighted by atomic mass is 15.4. The van der Waals surface area contributed by atoms with E-state index in [4.69, 9.17) is 9.97 Å². The molecule has 7 heteroatoms. The number of aromatic nitrogens is 4. The summed E-state index contributed by atoms with van der Waals surface area (Å²) >= 11 is 0. The number of para-hydroxylation sites is 1. The van der Waals surface area contributed by atoms with Crippen molar-refractivity contribution in [2.75, 3.05) is 42.9 Å². The van der Waals surface area contributed by atoms with Crippen LogP contribution < -0.4 is 10.2 Å². The minimum atomic E-state index is 0.748. The van der Waals surface area contributed by atoms with Crippen LogP contribution in [-0.2, 0) is 0 Å². The smallest absolute Gasteiger partial charge is 0.229 e. The lowest BCUT2D eigenvalue weighted by Gasteiger charge is -2.34. The molecule has 0 unspecified atom stereocenters. The lowest BCUT2D eigenvalue weighted by molar-refractivity contribution is 0.270. The quantitative estimate of drug-likeness (QED) is 0.512. The van der Waals surface area contributed by atoms with Gasteiger partial charge < -0.3 is 15.1 Å². The Kier molecular flexibility index (Phi) is 5.49. The topological polar surface area (TPSA) is 62.1 Å². The second-order valence-electron chi connectivity index (χ2n) is 8.42. The molecule has 0 saturated carbocycles. The normalized spacial score (nSPS) is 14.8. The molecule has 0 radical (unpaired) electrons. The predicted octanol–water partition coefficient (Wildman–Crippen LogP) is 4.32. The van der Waals surface area contributed by atoms with Gasteiger partial charge in [-0.2, -0.15) is 15.1 Å². The first-order valence-corrected chi connectivity index (χ1v) is 11.2. The summed E-state index contributed by atoms with van der Waals surface area (Å²) in [5.74, 6) is 1.54. The van der Waals surface area contributed by atoms with E-state index in [1.165, 1.54) is 11.1 Å². The fraction of sp³-hybridized carbons (Fsp3) is 0.320. The molecule has 2 aromatic heterocycles.